The van der Waals surface area contributed by atoms with E-state index in [1.54, 1.807) is 6.33 Å². The van der Waals surface area contributed by atoms with Crippen molar-refractivity contribution in [2.24, 2.45) is 5.73 Å². The molecule has 1 fully saturated rings. The van der Waals surface area contributed by atoms with Gasteiger partial charge >= 0.3 is 0 Å². The molecule has 9 heteroatoms. The number of amides is 1. The van der Waals surface area contributed by atoms with Gasteiger partial charge in [0.1, 0.15) is 12.1 Å². The minimum Gasteiger partial charge on any atom is -0.353 e. The molecule has 1 amide bonds. The Morgan fingerprint density at radius 1 is 1.15 bits per heavy atom. The fourth-order valence-corrected chi connectivity index (χ4v) is 4.93. The molecule has 4 rings (SSSR count). The summed E-state index contributed by atoms with van der Waals surface area (Å²) in [5.74, 6) is 1.42. The zero-order chi connectivity index (χ0) is 22.2. The zero-order valence-corrected chi connectivity index (χ0v) is 21.8. The Morgan fingerprint density at radius 2 is 1.79 bits per heavy atom. The van der Waals surface area contributed by atoms with Crippen LogP contribution >= 0.6 is 36.4 Å². The topological polar surface area (TPSA) is 75.4 Å². The zero-order valence-electron chi connectivity index (χ0n) is 19.5. The molecule has 0 bridgehead atoms. The molecule has 0 spiro atoms. The number of aromatic nitrogens is 2. The maximum absolute atomic E-state index is 13.5. The first-order valence-corrected chi connectivity index (χ1v) is 11.5. The Morgan fingerprint density at radius 3 is 2.39 bits per heavy atom. The number of rotatable bonds is 5. The van der Waals surface area contributed by atoms with Crippen molar-refractivity contribution < 1.29 is 4.79 Å². The number of hydrogen-bond donors (Lipinski definition) is 1. The standard InChI is InChI=1S/C24H32ClN5O.2ClH/c1-16-4-9-20-21(16)22(28-15-27-20)29-10-12-30(13-11-29)23(31)19(14-24(2,3)26)17-5-7-18(25)8-6-17;;/h5-8,15-16,19H,4,9-14,26H2,1-3H3;2*1H/t16?,19-;;/m1../s1. The Kier molecular flexibility index (Phi) is 9.40. The van der Waals surface area contributed by atoms with Gasteiger partial charge in [0.05, 0.1) is 5.92 Å². The summed E-state index contributed by atoms with van der Waals surface area (Å²) >= 11 is 6.07. The predicted octanol–water partition coefficient (Wildman–Crippen LogP) is 4.58. The fourth-order valence-electron chi connectivity index (χ4n) is 4.80. The minimum atomic E-state index is -0.445. The highest BCUT2D eigenvalue weighted by Gasteiger charge is 2.33. The summed E-state index contributed by atoms with van der Waals surface area (Å²) in [6, 6.07) is 7.57. The number of aryl methyl sites for hydroxylation is 1. The molecule has 1 aromatic heterocycles. The van der Waals surface area contributed by atoms with Crippen molar-refractivity contribution in [2.45, 2.75) is 57.4 Å². The molecule has 6 nitrogen and oxygen atoms in total. The molecule has 0 saturated carbocycles. The van der Waals surface area contributed by atoms with Gasteiger partial charge in [-0.2, -0.15) is 0 Å². The number of nitrogens with two attached hydrogens (primary N) is 1. The van der Waals surface area contributed by atoms with Crippen LogP contribution in [0.3, 0.4) is 0 Å². The number of carbonyl (C=O) groups is 1. The number of fused-ring (bicyclic) bond motifs is 1. The highest BCUT2D eigenvalue weighted by Crippen LogP contribution is 2.37. The third-order valence-corrected chi connectivity index (χ3v) is 6.70. The van der Waals surface area contributed by atoms with Gasteiger partial charge in [-0.3, -0.25) is 4.79 Å². The van der Waals surface area contributed by atoms with Crippen LogP contribution in [0, 0.1) is 0 Å². The first-order valence-electron chi connectivity index (χ1n) is 11.1. The average Bonchev–Trinajstić information content (AvgIpc) is 3.13. The molecule has 33 heavy (non-hydrogen) atoms. The minimum absolute atomic E-state index is 0. The second-order valence-electron chi connectivity index (χ2n) is 9.61. The predicted molar refractivity (Wildman–Crippen MR) is 139 cm³/mol. The van der Waals surface area contributed by atoms with Crippen LogP contribution in [0.5, 0.6) is 0 Å². The van der Waals surface area contributed by atoms with Crippen LogP contribution < -0.4 is 10.6 Å². The van der Waals surface area contributed by atoms with E-state index in [0.717, 1.165) is 37.3 Å². The molecule has 0 radical (unpaired) electrons. The van der Waals surface area contributed by atoms with Crippen molar-refractivity contribution in [1.29, 1.82) is 0 Å². The average molecular weight is 515 g/mol. The molecule has 2 aliphatic rings. The molecule has 2 aromatic rings. The SMILES string of the molecule is CC1CCc2ncnc(N3CCN(C(=O)[C@H](CC(C)(C)N)c4ccc(Cl)cc4)CC3)c21.Cl.Cl. The van der Waals surface area contributed by atoms with E-state index < -0.39 is 5.54 Å². The van der Waals surface area contributed by atoms with Gasteiger partial charge in [-0.25, -0.2) is 9.97 Å². The van der Waals surface area contributed by atoms with Crippen molar-refractivity contribution in [3.63, 3.8) is 0 Å². The van der Waals surface area contributed by atoms with Gasteiger partial charge in [0.2, 0.25) is 5.91 Å². The summed E-state index contributed by atoms with van der Waals surface area (Å²) in [6.07, 6.45) is 4.44. The van der Waals surface area contributed by atoms with Gasteiger partial charge in [0.25, 0.3) is 0 Å². The molecule has 2 atom stereocenters. The van der Waals surface area contributed by atoms with Gasteiger partial charge in [-0.1, -0.05) is 30.7 Å². The van der Waals surface area contributed by atoms with Crippen LogP contribution in [-0.4, -0.2) is 52.5 Å². The lowest BCUT2D eigenvalue weighted by Gasteiger charge is -2.38. The first kappa shape index (κ1) is 27.6. The molecule has 1 aliphatic heterocycles. The van der Waals surface area contributed by atoms with Crippen LogP contribution in [0.2, 0.25) is 5.02 Å². The van der Waals surface area contributed by atoms with Crippen LogP contribution in [0.4, 0.5) is 5.82 Å². The molecular weight excluding hydrogens is 481 g/mol. The number of nitrogens with zero attached hydrogens (tertiary/aromatic N) is 4. The van der Waals surface area contributed by atoms with E-state index in [1.165, 1.54) is 11.3 Å². The van der Waals surface area contributed by atoms with Gasteiger partial charge in [0, 0.05) is 48.0 Å². The van der Waals surface area contributed by atoms with Crippen molar-refractivity contribution in [2.75, 3.05) is 31.1 Å². The molecule has 1 unspecified atom stereocenters. The van der Waals surface area contributed by atoms with Crippen molar-refractivity contribution in [1.82, 2.24) is 14.9 Å². The summed E-state index contributed by atoms with van der Waals surface area (Å²) in [5.41, 5.74) is 9.32. The molecule has 1 aromatic carbocycles. The lowest BCUT2D eigenvalue weighted by atomic mass is 9.85. The van der Waals surface area contributed by atoms with Gasteiger partial charge in [0.15, 0.2) is 0 Å². The van der Waals surface area contributed by atoms with Crippen molar-refractivity contribution in [3.05, 3.63) is 52.4 Å². The molecular formula is C24H34Cl3N5O. The lowest BCUT2D eigenvalue weighted by molar-refractivity contribution is -0.133. The summed E-state index contributed by atoms with van der Waals surface area (Å²) < 4.78 is 0. The number of halogens is 3. The Labute approximate surface area is 214 Å². The summed E-state index contributed by atoms with van der Waals surface area (Å²) in [6.45, 7) is 9.12. The second kappa shape index (κ2) is 11.2. The third kappa shape index (κ3) is 6.30. The van der Waals surface area contributed by atoms with E-state index in [9.17, 15) is 4.79 Å². The van der Waals surface area contributed by atoms with Crippen LogP contribution in [-0.2, 0) is 11.2 Å². The van der Waals surface area contributed by atoms with E-state index in [1.807, 2.05) is 43.0 Å². The van der Waals surface area contributed by atoms with Crippen LogP contribution in [0.1, 0.15) is 62.3 Å². The number of anilines is 1. The highest BCUT2D eigenvalue weighted by molar-refractivity contribution is 6.30. The van der Waals surface area contributed by atoms with E-state index in [2.05, 4.69) is 21.8 Å². The molecule has 182 valence electrons. The largest absolute Gasteiger partial charge is 0.353 e. The molecule has 2 N–H and O–H groups in total. The normalized spacial score (nSPS) is 18.8. The van der Waals surface area contributed by atoms with Crippen LogP contribution in [0.25, 0.3) is 0 Å². The summed E-state index contributed by atoms with van der Waals surface area (Å²) in [7, 11) is 0. The quantitative estimate of drug-likeness (QED) is 0.632. The van der Waals surface area contributed by atoms with Gasteiger partial charge in [-0.15, -0.1) is 24.8 Å². The van der Waals surface area contributed by atoms with Gasteiger partial charge < -0.3 is 15.5 Å². The maximum Gasteiger partial charge on any atom is 0.230 e. The summed E-state index contributed by atoms with van der Waals surface area (Å²) in [5, 5.41) is 0.669. The Hall–Kier alpha value is -1.60. The van der Waals surface area contributed by atoms with Crippen molar-refractivity contribution in [3.8, 4) is 0 Å². The smallest absolute Gasteiger partial charge is 0.230 e. The highest BCUT2D eigenvalue weighted by atomic mass is 35.5. The number of carbonyl (C=O) groups excluding carboxylic acids is 1. The van der Waals surface area contributed by atoms with Gasteiger partial charge in [-0.05, 0) is 56.7 Å². The lowest BCUT2D eigenvalue weighted by Crippen LogP contribution is -2.51. The van der Waals surface area contributed by atoms with E-state index in [0.29, 0.717) is 30.5 Å². The van der Waals surface area contributed by atoms with Crippen LogP contribution in [0.15, 0.2) is 30.6 Å². The number of benzene rings is 1. The molecule has 1 saturated heterocycles. The Balaban J connectivity index is 0.00000193. The van der Waals surface area contributed by atoms with E-state index >= 15 is 0 Å². The fraction of sp³-hybridized carbons (Fsp3) is 0.542. The number of hydrogen-bond acceptors (Lipinski definition) is 5. The molecule has 1 aliphatic carbocycles. The summed E-state index contributed by atoms with van der Waals surface area (Å²) in [4.78, 5) is 26.9. The molecule has 2 heterocycles. The monoisotopic (exact) mass is 513 g/mol. The third-order valence-electron chi connectivity index (χ3n) is 6.44. The number of piperazine rings is 1. The van der Waals surface area contributed by atoms with E-state index in [-0.39, 0.29) is 36.6 Å². The maximum atomic E-state index is 13.5. The first-order chi connectivity index (χ1) is 14.7. The second-order valence-corrected chi connectivity index (χ2v) is 10.0. The van der Waals surface area contributed by atoms with Crippen molar-refractivity contribution >= 4 is 48.1 Å². The Bertz CT molecular complexity index is 940. The van der Waals surface area contributed by atoms with E-state index in [4.69, 9.17) is 17.3 Å².